The second-order valence-corrected chi connectivity index (χ2v) is 9.79. The summed E-state index contributed by atoms with van der Waals surface area (Å²) in [4.78, 5) is 17.9. The predicted octanol–water partition coefficient (Wildman–Crippen LogP) is 1.62. The van der Waals surface area contributed by atoms with Gasteiger partial charge < -0.3 is 15.5 Å². The molecule has 144 valence electrons. The van der Waals surface area contributed by atoms with Crippen LogP contribution in [0.1, 0.15) is 33.3 Å². The number of carbonyl (C=O) groups excluding carboxylic acids is 1. The standard InChI is InChI=1S/C18H28N4O3S/c1-5-19-17(22-9-10-26(24,25)18(3,4)13-22)20-12-15-7-6-8-16(11-15)21-14(2)23/h6-8,11H,5,9-10,12-13H2,1-4H3,(H,19,20)(H,21,23). The van der Waals surface area contributed by atoms with Crippen LogP contribution >= 0.6 is 0 Å². The number of aliphatic imine (C=N–C) groups is 1. The fourth-order valence-corrected chi connectivity index (χ4v) is 4.23. The van der Waals surface area contributed by atoms with Crippen LogP contribution < -0.4 is 10.6 Å². The molecule has 0 radical (unpaired) electrons. The molecule has 0 spiro atoms. The number of carbonyl (C=O) groups is 1. The highest BCUT2D eigenvalue weighted by Crippen LogP contribution is 2.24. The van der Waals surface area contributed by atoms with Gasteiger partial charge in [-0.3, -0.25) is 4.79 Å². The van der Waals surface area contributed by atoms with E-state index in [-0.39, 0.29) is 11.7 Å². The molecule has 1 heterocycles. The summed E-state index contributed by atoms with van der Waals surface area (Å²) in [7, 11) is -3.09. The van der Waals surface area contributed by atoms with E-state index in [4.69, 9.17) is 0 Å². The number of guanidine groups is 1. The van der Waals surface area contributed by atoms with Gasteiger partial charge in [0.15, 0.2) is 15.8 Å². The molecule has 2 rings (SSSR count). The fraction of sp³-hybridized carbons (Fsp3) is 0.556. The van der Waals surface area contributed by atoms with Crippen molar-refractivity contribution in [3.8, 4) is 0 Å². The first-order valence-corrected chi connectivity index (χ1v) is 10.4. The van der Waals surface area contributed by atoms with Gasteiger partial charge in [0, 0.05) is 32.2 Å². The number of amides is 1. The summed E-state index contributed by atoms with van der Waals surface area (Å²) in [6, 6.07) is 7.54. The van der Waals surface area contributed by atoms with Crippen molar-refractivity contribution < 1.29 is 13.2 Å². The maximum atomic E-state index is 12.2. The molecule has 1 aliphatic rings. The van der Waals surface area contributed by atoms with Crippen LogP contribution in [-0.2, 0) is 21.2 Å². The van der Waals surface area contributed by atoms with Crippen LogP contribution in [0.25, 0.3) is 0 Å². The molecule has 0 atom stereocenters. The predicted molar refractivity (Wildman–Crippen MR) is 105 cm³/mol. The Bertz CT molecular complexity index is 787. The summed E-state index contributed by atoms with van der Waals surface area (Å²) in [6.07, 6.45) is 0. The van der Waals surface area contributed by atoms with Crippen LogP contribution in [0.4, 0.5) is 5.69 Å². The molecule has 1 aliphatic heterocycles. The number of rotatable bonds is 4. The zero-order valence-electron chi connectivity index (χ0n) is 15.9. The Labute approximate surface area is 155 Å². The quantitative estimate of drug-likeness (QED) is 0.612. The van der Waals surface area contributed by atoms with Crippen LogP contribution in [0.2, 0.25) is 0 Å². The summed E-state index contributed by atoms with van der Waals surface area (Å²) >= 11 is 0. The minimum absolute atomic E-state index is 0.115. The van der Waals surface area contributed by atoms with E-state index in [0.29, 0.717) is 32.1 Å². The van der Waals surface area contributed by atoms with Gasteiger partial charge in [-0.05, 0) is 38.5 Å². The van der Waals surface area contributed by atoms with E-state index in [1.54, 1.807) is 13.8 Å². The van der Waals surface area contributed by atoms with Gasteiger partial charge in [0.05, 0.1) is 17.0 Å². The fourth-order valence-electron chi connectivity index (χ4n) is 2.87. The van der Waals surface area contributed by atoms with E-state index in [2.05, 4.69) is 15.6 Å². The second kappa shape index (κ2) is 8.07. The lowest BCUT2D eigenvalue weighted by molar-refractivity contribution is -0.114. The molecule has 1 amide bonds. The third-order valence-corrected chi connectivity index (χ3v) is 6.87. The third kappa shape index (κ3) is 4.97. The van der Waals surface area contributed by atoms with Crippen LogP contribution in [-0.4, -0.2) is 55.3 Å². The number of hydrogen-bond donors (Lipinski definition) is 2. The molecule has 0 saturated carbocycles. The smallest absolute Gasteiger partial charge is 0.221 e. The first kappa shape index (κ1) is 20.2. The lowest BCUT2D eigenvalue weighted by Crippen LogP contribution is -2.57. The summed E-state index contributed by atoms with van der Waals surface area (Å²) in [5.74, 6) is 0.721. The van der Waals surface area contributed by atoms with E-state index in [0.717, 1.165) is 11.3 Å². The molecule has 1 aromatic rings. The highest BCUT2D eigenvalue weighted by atomic mass is 32.2. The molecular formula is C18H28N4O3S. The first-order chi connectivity index (χ1) is 12.1. The summed E-state index contributed by atoms with van der Waals surface area (Å²) in [5, 5.41) is 6.01. The number of anilines is 1. The van der Waals surface area contributed by atoms with Crippen molar-refractivity contribution in [2.75, 3.05) is 30.7 Å². The monoisotopic (exact) mass is 380 g/mol. The molecule has 0 aromatic heterocycles. The minimum atomic E-state index is -3.09. The maximum absolute atomic E-state index is 12.2. The Morgan fingerprint density at radius 2 is 2.08 bits per heavy atom. The number of nitrogens with zero attached hydrogens (tertiary/aromatic N) is 2. The molecule has 8 heteroatoms. The van der Waals surface area contributed by atoms with Crippen molar-refractivity contribution in [1.82, 2.24) is 10.2 Å². The summed E-state index contributed by atoms with van der Waals surface area (Å²) in [6.45, 7) is 8.97. The molecule has 1 saturated heterocycles. The van der Waals surface area contributed by atoms with Crippen LogP contribution in [0, 0.1) is 0 Å². The maximum Gasteiger partial charge on any atom is 0.221 e. The zero-order chi connectivity index (χ0) is 19.4. The number of nitrogens with one attached hydrogen (secondary N) is 2. The minimum Gasteiger partial charge on any atom is -0.357 e. The highest BCUT2D eigenvalue weighted by molar-refractivity contribution is 7.92. The highest BCUT2D eigenvalue weighted by Gasteiger charge is 2.40. The topological polar surface area (TPSA) is 90.9 Å². The van der Waals surface area contributed by atoms with Gasteiger partial charge in [-0.25, -0.2) is 13.4 Å². The number of sulfone groups is 1. The zero-order valence-corrected chi connectivity index (χ0v) is 16.7. The van der Waals surface area contributed by atoms with E-state index in [9.17, 15) is 13.2 Å². The SMILES string of the molecule is CCNC(=NCc1cccc(NC(C)=O)c1)N1CCS(=O)(=O)C(C)(C)C1. The average Bonchev–Trinajstić information content (AvgIpc) is 2.54. The van der Waals surface area contributed by atoms with E-state index < -0.39 is 14.6 Å². The lowest BCUT2D eigenvalue weighted by atomic mass is 10.2. The van der Waals surface area contributed by atoms with Crippen molar-refractivity contribution in [2.45, 2.75) is 39.0 Å². The average molecular weight is 381 g/mol. The van der Waals surface area contributed by atoms with Gasteiger partial charge in [0.25, 0.3) is 0 Å². The Morgan fingerprint density at radius 1 is 1.35 bits per heavy atom. The molecule has 26 heavy (non-hydrogen) atoms. The van der Waals surface area contributed by atoms with Gasteiger partial charge in [-0.2, -0.15) is 0 Å². The van der Waals surface area contributed by atoms with E-state index >= 15 is 0 Å². The van der Waals surface area contributed by atoms with Crippen LogP contribution in [0.5, 0.6) is 0 Å². The Kier molecular flexibility index (Phi) is 6.28. The molecule has 0 unspecified atom stereocenters. The first-order valence-electron chi connectivity index (χ1n) is 8.77. The Hall–Kier alpha value is -2.09. The third-order valence-electron chi connectivity index (χ3n) is 4.34. The molecule has 1 aromatic carbocycles. The summed E-state index contributed by atoms with van der Waals surface area (Å²) in [5.41, 5.74) is 1.70. The van der Waals surface area contributed by atoms with Crippen molar-refractivity contribution >= 4 is 27.4 Å². The van der Waals surface area contributed by atoms with Crippen molar-refractivity contribution in [3.05, 3.63) is 29.8 Å². The normalized spacial score (nSPS) is 19.1. The van der Waals surface area contributed by atoms with Gasteiger partial charge >= 0.3 is 0 Å². The van der Waals surface area contributed by atoms with Crippen molar-refractivity contribution in [1.29, 1.82) is 0 Å². The van der Waals surface area contributed by atoms with Gasteiger partial charge in [0.2, 0.25) is 5.91 Å². The van der Waals surface area contributed by atoms with Gasteiger partial charge in [0.1, 0.15) is 0 Å². The summed E-state index contributed by atoms with van der Waals surface area (Å²) < 4.78 is 23.6. The molecule has 1 fully saturated rings. The Balaban J connectivity index is 2.16. The van der Waals surface area contributed by atoms with Gasteiger partial charge in [-0.15, -0.1) is 0 Å². The van der Waals surface area contributed by atoms with Crippen LogP contribution in [0.3, 0.4) is 0 Å². The van der Waals surface area contributed by atoms with Gasteiger partial charge in [-0.1, -0.05) is 12.1 Å². The molecule has 2 N–H and O–H groups in total. The van der Waals surface area contributed by atoms with Crippen LogP contribution in [0.15, 0.2) is 29.3 Å². The second-order valence-electron chi connectivity index (χ2n) is 7.05. The Morgan fingerprint density at radius 3 is 2.69 bits per heavy atom. The van der Waals surface area contributed by atoms with Crippen molar-refractivity contribution in [2.24, 2.45) is 4.99 Å². The van der Waals surface area contributed by atoms with E-state index in [1.807, 2.05) is 36.1 Å². The number of hydrogen-bond acceptors (Lipinski definition) is 4. The van der Waals surface area contributed by atoms with Crippen molar-refractivity contribution in [3.63, 3.8) is 0 Å². The molecular weight excluding hydrogens is 352 g/mol. The lowest BCUT2D eigenvalue weighted by Gasteiger charge is -2.39. The molecule has 0 bridgehead atoms. The largest absolute Gasteiger partial charge is 0.357 e. The van der Waals surface area contributed by atoms with E-state index in [1.165, 1.54) is 6.92 Å². The number of benzene rings is 1. The molecule has 0 aliphatic carbocycles. The molecule has 7 nitrogen and oxygen atoms in total.